The van der Waals surface area contributed by atoms with Crippen LogP contribution in [0.3, 0.4) is 0 Å². The fourth-order valence-corrected chi connectivity index (χ4v) is 2.60. The van der Waals surface area contributed by atoms with E-state index in [2.05, 4.69) is 32.8 Å². The van der Waals surface area contributed by atoms with Crippen LogP contribution >= 0.6 is 0 Å². The lowest BCUT2D eigenvalue weighted by Gasteiger charge is -2.26. The van der Waals surface area contributed by atoms with Crippen LogP contribution in [-0.2, 0) is 0 Å². The minimum Gasteiger partial charge on any atom is -0.317 e. The van der Waals surface area contributed by atoms with Gasteiger partial charge in [-0.25, -0.2) is 0 Å². The molecule has 0 radical (unpaired) electrons. The van der Waals surface area contributed by atoms with E-state index in [9.17, 15) is 0 Å². The SMILES string of the molecule is C=CCCCCCC(NC)C(CC)CCCC. The van der Waals surface area contributed by atoms with Gasteiger partial charge < -0.3 is 5.32 Å². The highest BCUT2D eigenvalue weighted by Crippen LogP contribution is 2.21. The maximum absolute atomic E-state index is 3.77. The molecule has 1 nitrogen and oxygen atoms in total. The smallest absolute Gasteiger partial charge is 0.00922 e. The third-order valence-electron chi connectivity index (χ3n) is 3.82. The van der Waals surface area contributed by atoms with Crippen LogP contribution in [-0.4, -0.2) is 13.1 Å². The summed E-state index contributed by atoms with van der Waals surface area (Å²) in [6.07, 6.45) is 14.0. The van der Waals surface area contributed by atoms with Crippen molar-refractivity contribution in [3.8, 4) is 0 Å². The fraction of sp³-hybridized carbons (Fsp3) is 0.875. The third kappa shape index (κ3) is 8.43. The van der Waals surface area contributed by atoms with Crippen LogP contribution in [0.25, 0.3) is 0 Å². The van der Waals surface area contributed by atoms with Crippen LogP contribution in [0.15, 0.2) is 12.7 Å². The van der Waals surface area contributed by atoms with Crippen molar-refractivity contribution in [3.05, 3.63) is 12.7 Å². The summed E-state index contributed by atoms with van der Waals surface area (Å²) in [7, 11) is 2.13. The molecule has 0 saturated carbocycles. The molecule has 1 N–H and O–H groups in total. The summed E-state index contributed by atoms with van der Waals surface area (Å²) in [6.45, 7) is 8.40. The molecule has 0 aromatic carbocycles. The van der Waals surface area contributed by atoms with Gasteiger partial charge in [0.15, 0.2) is 0 Å². The van der Waals surface area contributed by atoms with Gasteiger partial charge in [0.05, 0.1) is 0 Å². The Bertz CT molecular complexity index is 165. The number of nitrogens with one attached hydrogen (secondary N) is 1. The maximum atomic E-state index is 3.77. The molecular formula is C16H33N. The molecule has 0 aliphatic carbocycles. The Morgan fingerprint density at radius 1 is 1.06 bits per heavy atom. The first kappa shape index (κ1) is 16.7. The van der Waals surface area contributed by atoms with Crippen LogP contribution in [0, 0.1) is 5.92 Å². The standard InChI is InChI=1S/C16H33N/c1-5-8-10-11-12-14-16(17-4)15(7-3)13-9-6-2/h5,15-17H,1,6-14H2,2-4H3. The minimum absolute atomic E-state index is 0.732. The van der Waals surface area contributed by atoms with Gasteiger partial charge >= 0.3 is 0 Å². The van der Waals surface area contributed by atoms with Crippen LogP contribution in [0.2, 0.25) is 0 Å². The van der Waals surface area contributed by atoms with Crippen LogP contribution in [0.5, 0.6) is 0 Å². The Kier molecular flexibility index (Phi) is 12.0. The Balaban J connectivity index is 3.80. The predicted molar refractivity (Wildman–Crippen MR) is 79.4 cm³/mol. The van der Waals surface area contributed by atoms with Crippen molar-refractivity contribution >= 4 is 0 Å². The van der Waals surface area contributed by atoms with Gasteiger partial charge in [-0.1, -0.05) is 52.0 Å². The molecule has 2 atom stereocenters. The molecule has 0 spiro atoms. The molecule has 0 aromatic rings. The summed E-state index contributed by atoms with van der Waals surface area (Å²) in [5, 5.41) is 3.53. The van der Waals surface area contributed by atoms with E-state index in [0.29, 0.717) is 0 Å². The number of rotatable bonds is 12. The average Bonchev–Trinajstić information content (AvgIpc) is 2.36. The first-order valence-corrected chi connectivity index (χ1v) is 7.58. The Labute approximate surface area is 109 Å². The van der Waals surface area contributed by atoms with E-state index >= 15 is 0 Å². The van der Waals surface area contributed by atoms with Gasteiger partial charge in [-0.3, -0.25) is 0 Å². The lowest BCUT2D eigenvalue weighted by Crippen LogP contribution is -2.33. The van der Waals surface area contributed by atoms with E-state index in [1.165, 1.54) is 57.8 Å². The zero-order chi connectivity index (χ0) is 12.9. The lowest BCUT2D eigenvalue weighted by molar-refractivity contribution is 0.310. The van der Waals surface area contributed by atoms with Crippen LogP contribution in [0.1, 0.15) is 71.6 Å². The third-order valence-corrected chi connectivity index (χ3v) is 3.82. The molecular weight excluding hydrogens is 206 g/mol. The highest BCUT2D eigenvalue weighted by molar-refractivity contribution is 4.74. The number of allylic oxidation sites excluding steroid dienone is 1. The van der Waals surface area contributed by atoms with Crippen molar-refractivity contribution in [2.24, 2.45) is 5.92 Å². The monoisotopic (exact) mass is 239 g/mol. The fourth-order valence-electron chi connectivity index (χ4n) is 2.60. The van der Waals surface area contributed by atoms with Crippen molar-refractivity contribution in [2.75, 3.05) is 7.05 Å². The summed E-state index contributed by atoms with van der Waals surface area (Å²) in [5.74, 6) is 0.874. The lowest BCUT2D eigenvalue weighted by atomic mass is 9.88. The van der Waals surface area contributed by atoms with Gasteiger partial charge in [0.2, 0.25) is 0 Å². The van der Waals surface area contributed by atoms with Gasteiger partial charge in [0.25, 0.3) is 0 Å². The molecule has 0 bridgehead atoms. The molecule has 0 saturated heterocycles. The molecule has 1 heteroatoms. The number of hydrogen-bond donors (Lipinski definition) is 1. The van der Waals surface area contributed by atoms with Crippen molar-refractivity contribution in [1.82, 2.24) is 5.32 Å². The minimum atomic E-state index is 0.732. The largest absolute Gasteiger partial charge is 0.317 e. The summed E-state index contributed by atoms with van der Waals surface area (Å²) in [6, 6.07) is 0.732. The normalized spacial score (nSPS) is 14.5. The molecule has 0 rings (SSSR count). The Morgan fingerprint density at radius 2 is 1.82 bits per heavy atom. The second-order valence-electron chi connectivity index (χ2n) is 5.13. The van der Waals surface area contributed by atoms with Crippen LogP contribution in [0.4, 0.5) is 0 Å². The molecule has 102 valence electrons. The van der Waals surface area contributed by atoms with Crippen molar-refractivity contribution < 1.29 is 0 Å². The first-order chi connectivity index (χ1) is 8.29. The van der Waals surface area contributed by atoms with Gasteiger partial charge in [-0.05, 0) is 38.6 Å². The average molecular weight is 239 g/mol. The molecule has 0 heterocycles. The van der Waals surface area contributed by atoms with Crippen molar-refractivity contribution in [2.45, 2.75) is 77.7 Å². The highest BCUT2D eigenvalue weighted by Gasteiger charge is 2.16. The molecule has 0 fully saturated rings. The van der Waals surface area contributed by atoms with Gasteiger partial charge in [0.1, 0.15) is 0 Å². The second kappa shape index (κ2) is 12.2. The number of unbranched alkanes of at least 4 members (excludes halogenated alkanes) is 4. The molecule has 0 amide bonds. The van der Waals surface area contributed by atoms with E-state index in [-0.39, 0.29) is 0 Å². The first-order valence-electron chi connectivity index (χ1n) is 7.58. The maximum Gasteiger partial charge on any atom is 0.00922 e. The predicted octanol–water partition coefficient (Wildman–Crippen LogP) is 4.93. The summed E-state index contributed by atoms with van der Waals surface area (Å²) < 4.78 is 0. The van der Waals surface area contributed by atoms with Gasteiger partial charge in [0, 0.05) is 6.04 Å². The topological polar surface area (TPSA) is 12.0 Å². The zero-order valence-corrected chi connectivity index (χ0v) is 12.3. The molecule has 17 heavy (non-hydrogen) atoms. The molecule has 2 unspecified atom stereocenters. The highest BCUT2D eigenvalue weighted by atomic mass is 14.9. The molecule has 0 aliphatic rings. The van der Waals surface area contributed by atoms with Crippen LogP contribution < -0.4 is 5.32 Å². The number of hydrogen-bond acceptors (Lipinski definition) is 1. The van der Waals surface area contributed by atoms with E-state index in [0.717, 1.165) is 12.0 Å². The zero-order valence-electron chi connectivity index (χ0n) is 12.3. The quantitative estimate of drug-likeness (QED) is 0.376. The van der Waals surface area contributed by atoms with E-state index < -0.39 is 0 Å². The van der Waals surface area contributed by atoms with E-state index in [4.69, 9.17) is 0 Å². The van der Waals surface area contributed by atoms with Crippen molar-refractivity contribution in [1.29, 1.82) is 0 Å². The van der Waals surface area contributed by atoms with E-state index in [1.807, 2.05) is 6.08 Å². The van der Waals surface area contributed by atoms with Gasteiger partial charge in [-0.2, -0.15) is 0 Å². The van der Waals surface area contributed by atoms with E-state index in [1.54, 1.807) is 0 Å². The Morgan fingerprint density at radius 3 is 2.35 bits per heavy atom. The summed E-state index contributed by atoms with van der Waals surface area (Å²) in [5.41, 5.74) is 0. The molecule has 0 aliphatic heterocycles. The summed E-state index contributed by atoms with van der Waals surface area (Å²) in [4.78, 5) is 0. The van der Waals surface area contributed by atoms with Crippen molar-refractivity contribution in [3.63, 3.8) is 0 Å². The summed E-state index contributed by atoms with van der Waals surface area (Å²) >= 11 is 0. The second-order valence-corrected chi connectivity index (χ2v) is 5.13. The Hall–Kier alpha value is -0.300. The van der Waals surface area contributed by atoms with Gasteiger partial charge in [-0.15, -0.1) is 6.58 Å². The molecule has 0 aromatic heterocycles.